The maximum Gasteiger partial charge on any atom is 0.243 e. The Hall–Kier alpha value is -1.11. The first-order chi connectivity index (χ1) is 9.31. The first-order valence-electron chi connectivity index (χ1n) is 6.89. The van der Waals surface area contributed by atoms with Crippen molar-refractivity contribution >= 4 is 15.7 Å². The van der Waals surface area contributed by atoms with Crippen LogP contribution in [0.5, 0.6) is 0 Å². The zero-order chi connectivity index (χ0) is 14.9. The van der Waals surface area contributed by atoms with Crippen LogP contribution in [-0.4, -0.2) is 39.0 Å². The van der Waals surface area contributed by atoms with Crippen LogP contribution in [0.2, 0.25) is 0 Å². The van der Waals surface area contributed by atoms with Gasteiger partial charge in [0.15, 0.2) is 0 Å². The number of hydrogen-bond donors (Lipinski definition) is 2. The lowest BCUT2D eigenvalue weighted by Gasteiger charge is -2.35. The predicted molar refractivity (Wildman–Crippen MR) is 81.0 cm³/mol. The van der Waals surface area contributed by atoms with Crippen LogP contribution in [0.3, 0.4) is 0 Å². The number of hydrogen-bond acceptors (Lipinski definition) is 4. The van der Waals surface area contributed by atoms with E-state index in [1.54, 1.807) is 25.1 Å². The Morgan fingerprint density at radius 3 is 2.70 bits per heavy atom. The summed E-state index contributed by atoms with van der Waals surface area (Å²) < 4.78 is 27.9. The molecule has 1 heterocycles. The number of sulfonamides is 1. The fourth-order valence-corrected chi connectivity index (χ4v) is 4.36. The monoisotopic (exact) mass is 297 g/mol. The van der Waals surface area contributed by atoms with Crippen LogP contribution in [-0.2, 0) is 10.0 Å². The average molecular weight is 297 g/mol. The van der Waals surface area contributed by atoms with Crippen molar-refractivity contribution in [1.82, 2.24) is 9.62 Å². The average Bonchev–Trinajstić information content (AvgIpc) is 2.33. The van der Waals surface area contributed by atoms with Gasteiger partial charge in [0.1, 0.15) is 4.90 Å². The van der Waals surface area contributed by atoms with Gasteiger partial charge in [0, 0.05) is 12.1 Å². The lowest BCUT2D eigenvalue weighted by atomic mass is 10.0. The summed E-state index contributed by atoms with van der Waals surface area (Å²) in [4.78, 5) is 2.46. The van der Waals surface area contributed by atoms with Gasteiger partial charge >= 0.3 is 0 Å². The highest BCUT2D eigenvalue weighted by Crippen LogP contribution is 2.24. The SMILES string of the molecule is Cc1cccc(N)c1S(=O)(=O)NC1CCN(C)C(C)C1. The lowest BCUT2D eigenvalue weighted by molar-refractivity contribution is 0.178. The third-order valence-electron chi connectivity index (χ3n) is 4.04. The third-order valence-corrected chi connectivity index (χ3v) is 5.78. The number of benzene rings is 1. The number of nitrogens with one attached hydrogen (secondary N) is 1. The van der Waals surface area contributed by atoms with Crippen molar-refractivity contribution in [3.05, 3.63) is 23.8 Å². The summed E-state index contributed by atoms with van der Waals surface area (Å²) in [6.45, 7) is 4.78. The maximum absolute atomic E-state index is 12.5. The number of nitrogens with zero attached hydrogens (tertiary/aromatic N) is 1. The van der Waals surface area contributed by atoms with E-state index in [1.807, 2.05) is 0 Å². The molecular formula is C14H23N3O2S. The van der Waals surface area contributed by atoms with Crippen molar-refractivity contribution in [1.29, 1.82) is 0 Å². The number of rotatable bonds is 3. The number of piperidine rings is 1. The minimum Gasteiger partial charge on any atom is -0.398 e. The van der Waals surface area contributed by atoms with Crippen LogP contribution < -0.4 is 10.5 Å². The van der Waals surface area contributed by atoms with Gasteiger partial charge in [-0.25, -0.2) is 13.1 Å². The fraction of sp³-hybridized carbons (Fsp3) is 0.571. The highest BCUT2D eigenvalue weighted by molar-refractivity contribution is 7.89. The summed E-state index contributed by atoms with van der Waals surface area (Å²) in [6, 6.07) is 5.51. The molecule has 0 amide bonds. The molecular weight excluding hydrogens is 274 g/mol. The lowest BCUT2D eigenvalue weighted by Crippen LogP contribution is -2.47. The summed E-state index contributed by atoms with van der Waals surface area (Å²) in [7, 11) is -1.49. The molecule has 1 aliphatic heterocycles. The maximum atomic E-state index is 12.5. The molecule has 1 aromatic carbocycles. The van der Waals surface area contributed by atoms with Crippen molar-refractivity contribution in [2.75, 3.05) is 19.3 Å². The normalized spacial score (nSPS) is 24.8. The standard InChI is InChI=1S/C14H23N3O2S/c1-10-5-4-6-13(15)14(10)20(18,19)16-12-7-8-17(3)11(2)9-12/h4-6,11-12,16H,7-9,15H2,1-3H3. The highest BCUT2D eigenvalue weighted by atomic mass is 32.2. The van der Waals surface area contributed by atoms with E-state index in [0.29, 0.717) is 17.3 Å². The number of nitrogens with two attached hydrogens (primary N) is 1. The highest BCUT2D eigenvalue weighted by Gasteiger charge is 2.28. The summed E-state index contributed by atoms with van der Waals surface area (Å²) in [5.41, 5.74) is 6.82. The van der Waals surface area contributed by atoms with Crippen molar-refractivity contribution < 1.29 is 8.42 Å². The van der Waals surface area contributed by atoms with E-state index in [-0.39, 0.29) is 10.9 Å². The molecule has 0 bridgehead atoms. The van der Waals surface area contributed by atoms with E-state index < -0.39 is 10.0 Å². The third kappa shape index (κ3) is 3.13. The van der Waals surface area contributed by atoms with Crippen molar-refractivity contribution in [3.8, 4) is 0 Å². The molecule has 1 aliphatic rings. The molecule has 1 saturated heterocycles. The molecule has 5 nitrogen and oxygen atoms in total. The van der Waals surface area contributed by atoms with E-state index in [9.17, 15) is 8.42 Å². The zero-order valence-corrected chi connectivity index (χ0v) is 13.1. The van der Waals surface area contributed by atoms with Gasteiger partial charge in [-0.1, -0.05) is 12.1 Å². The molecule has 2 atom stereocenters. The van der Waals surface area contributed by atoms with Gasteiger partial charge in [-0.3, -0.25) is 0 Å². The number of nitrogen functional groups attached to an aromatic ring is 1. The van der Waals surface area contributed by atoms with Gasteiger partial charge in [0.05, 0.1) is 5.69 Å². The van der Waals surface area contributed by atoms with E-state index >= 15 is 0 Å². The molecule has 0 aliphatic carbocycles. The van der Waals surface area contributed by atoms with Crippen molar-refractivity contribution in [3.63, 3.8) is 0 Å². The zero-order valence-electron chi connectivity index (χ0n) is 12.3. The van der Waals surface area contributed by atoms with E-state index in [4.69, 9.17) is 5.73 Å². The van der Waals surface area contributed by atoms with Crippen LogP contribution >= 0.6 is 0 Å². The van der Waals surface area contributed by atoms with Crippen LogP contribution in [0.1, 0.15) is 25.3 Å². The van der Waals surface area contributed by atoms with Gasteiger partial charge in [-0.15, -0.1) is 0 Å². The topological polar surface area (TPSA) is 75.4 Å². The number of likely N-dealkylation sites (tertiary alicyclic amines) is 1. The molecule has 0 aromatic heterocycles. The summed E-state index contributed by atoms with van der Waals surface area (Å²) in [6.07, 6.45) is 1.65. The Kier molecular flexibility index (Phi) is 4.36. The smallest absolute Gasteiger partial charge is 0.243 e. The van der Waals surface area contributed by atoms with Crippen LogP contribution in [0.4, 0.5) is 5.69 Å². The first-order valence-corrected chi connectivity index (χ1v) is 8.37. The van der Waals surface area contributed by atoms with Crippen molar-refractivity contribution in [2.24, 2.45) is 0 Å². The number of aryl methyl sites for hydroxylation is 1. The van der Waals surface area contributed by atoms with Gasteiger partial charge in [0.2, 0.25) is 10.0 Å². The van der Waals surface area contributed by atoms with Crippen LogP contribution in [0.25, 0.3) is 0 Å². The fourth-order valence-electron chi connectivity index (χ4n) is 2.72. The Morgan fingerprint density at radius 2 is 2.10 bits per heavy atom. The Labute approximate surface area is 121 Å². The Bertz CT molecular complexity index is 566. The molecule has 112 valence electrons. The van der Waals surface area contributed by atoms with E-state index in [0.717, 1.165) is 19.4 Å². The van der Waals surface area contributed by atoms with Gasteiger partial charge in [-0.05, 0) is 51.9 Å². The Morgan fingerprint density at radius 1 is 1.40 bits per heavy atom. The summed E-state index contributed by atoms with van der Waals surface area (Å²) in [5, 5.41) is 0. The summed E-state index contributed by atoms with van der Waals surface area (Å²) in [5.74, 6) is 0. The van der Waals surface area contributed by atoms with Gasteiger partial charge in [0.25, 0.3) is 0 Å². The van der Waals surface area contributed by atoms with Crippen LogP contribution in [0.15, 0.2) is 23.1 Å². The molecule has 6 heteroatoms. The molecule has 2 rings (SSSR count). The second-order valence-corrected chi connectivity index (χ2v) is 7.32. The molecule has 3 N–H and O–H groups in total. The number of anilines is 1. The molecule has 2 unspecified atom stereocenters. The second kappa shape index (κ2) is 5.71. The van der Waals surface area contributed by atoms with Gasteiger partial charge in [-0.2, -0.15) is 0 Å². The largest absolute Gasteiger partial charge is 0.398 e. The second-order valence-electron chi connectivity index (χ2n) is 5.67. The van der Waals surface area contributed by atoms with Crippen LogP contribution in [0, 0.1) is 6.92 Å². The molecule has 20 heavy (non-hydrogen) atoms. The molecule has 0 spiro atoms. The minimum absolute atomic E-state index is 0.0230. The summed E-state index contributed by atoms with van der Waals surface area (Å²) >= 11 is 0. The molecule has 1 aromatic rings. The minimum atomic E-state index is -3.56. The molecule has 0 saturated carbocycles. The molecule has 1 fully saturated rings. The molecule has 0 radical (unpaired) electrons. The predicted octanol–water partition coefficient (Wildman–Crippen LogP) is 1.34. The Balaban J connectivity index is 2.20. The van der Waals surface area contributed by atoms with E-state index in [2.05, 4.69) is 23.6 Å². The van der Waals surface area contributed by atoms with Gasteiger partial charge < -0.3 is 10.6 Å². The van der Waals surface area contributed by atoms with Crippen molar-refractivity contribution in [2.45, 2.75) is 43.7 Å². The first kappa shape index (κ1) is 15.3. The van der Waals surface area contributed by atoms with E-state index in [1.165, 1.54) is 0 Å². The quantitative estimate of drug-likeness (QED) is 0.826.